The molecular formula is C19H28N4O3. The monoisotopic (exact) mass is 360 g/mol. The van der Waals surface area contributed by atoms with Gasteiger partial charge in [-0.15, -0.1) is 0 Å². The number of hydrogen-bond donors (Lipinski definition) is 3. The van der Waals surface area contributed by atoms with Gasteiger partial charge in [0, 0.05) is 37.7 Å². The van der Waals surface area contributed by atoms with E-state index < -0.39 is 0 Å². The van der Waals surface area contributed by atoms with Gasteiger partial charge in [0.2, 0.25) is 5.91 Å². The van der Waals surface area contributed by atoms with E-state index in [1.807, 2.05) is 13.0 Å². The zero-order valence-electron chi connectivity index (χ0n) is 15.3. The summed E-state index contributed by atoms with van der Waals surface area (Å²) in [7, 11) is 0. The maximum absolute atomic E-state index is 12.1. The van der Waals surface area contributed by atoms with Crippen LogP contribution in [0.25, 0.3) is 0 Å². The number of amides is 1. The third-order valence-electron chi connectivity index (χ3n) is 5.39. The van der Waals surface area contributed by atoms with Crippen LogP contribution in [-0.4, -0.2) is 36.0 Å². The van der Waals surface area contributed by atoms with Crippen molar-refractivity contribution in [3.05, 3.63) is 33.9 Å². The van der Waals surface area contributed by atoms with Gasteiger partial charge >= 0.3 is 0 Å². The Labute approximate surface area is 154 Å². The normalized spacial score (nSPS) is 24.3. The number of nitro benzene ring substituents is 1. The third kappa shape index (κ3) is 4.94. The second-order valence-corrected chi connectivity index (χ2v) is 7.59. The average Bonchev–Trinajstić information content (AvgIpc) is 2.94. The molecule has 2 atom stereocenters. The minimum Gasteiger partial charge on any atom is -0.379 e. The van der Waals surface area contributed by atoms with Crippen molar-refractivity contribution in [2.75, 3.05) is 18.4 Å². The summed E-state index contributed by atoms with van der Waals surface area (Å²) >= 11 is 0. The zero-order chi connectivity index (χ0) is 18.5. The number of carbonyl (C=O) groups excluding carboxylic acids is 1. The van der Waals surface area contributed by atoms with E-state index >= 15 is 0 Å². The molecule has 0 saturated carbocycles. The highest BCUT2D eigenvalue weighted by Gasteiger charge is 2.34. The number of hydrogen-bond acceptors (Lipinski definition) is 5. The van der Waals surface area contributed by atoms with Crippen molar-refractivity contribution in [1.82, 2.24) is 10.6 Å². The lowest BCUT2D eigenvalue weighted by Gasteiger charge is -2.28. The van der Waals surface area contributed by atoms with Crippen molar-refractivity contribution in [3.63, 3.8) is 0 Å². The van der Waals surface area contributed by atoms with E-state index in [9.17, 15) is 14.9 Å². The highest BCUT2D eigenvalue weighted by Crippen LogP contribution is 2.32. The Morgan fingerprint density at radius 3 is 2.69 bits per heavy atom. The third-order valence-corrected chi connectivity index (χ3v) is 5.39. The van der Waals surface area contributed by atoms with Crippen molar-refractivity contribution in [2.24, 2.45) is 5.92 Å². The number of benzene rings is 1. The Morgan fingerprint density at radius 2 is 2.00 bits per heavy atom. The summed E-state index contributed by atoms with van der Waals surface area (Å²) in [6.45, 7) is 3.01. The first-order valence-electron chi connectivity index (χ1n) is 9.53. The molecule has 0 radical (unpaired) electrons. The highest BCUT2D eigenvalue weighted by molar-refractivity contribution is 5.76. The number of nitro groups is 1. The summed E-state index contributed by atoms with van der Waals surface area (Å²) in [5.74, 6) is 0.625. The molecule has 2 unspecified atom stereocenters. The molecule has 7 heteroatoms. The van der Waals surface area contributed by atoms with Gasteiger partial charge in [0.25, 0.3) is 5.69 Å². The van der Waals surface area contributed by atoms with Gasteiger partial charge in [-0.2, -0.15) is 0 Å². The van der Waals surface area contributed by atoms with Crippen molar-refractivity contribution < 1.29 is 9.72 Å². The van der Waals surface area contributed by atoms with Gasteiger partial charge in [0.1, 0.15) is 5.69 Å². The molecule has 0 aromatic heterocycles. The van der Waals surface area contributed by atoms with E-state index in [-0.39, 0.29) is 16.5 Å². The molecule has 1 amide bonds. The zero-order valence-corrected chi connectivity index (χ0v) is 15.3. The summed E-state index contributed by atoms with van der Waals surface area (Å²) in [5.41, 5.74) is 1.48. The predicted molar refractivity (Wildman–Crippen MR) is 101 cm³/mol. The molecule has 26 heavy (non-hydrogen) atoms. The van der Waals surface area contributed by atoms with E-state index in [0.29, 0.717) is 43.2 Å². The Kier molecular flexibility index (Phi) is 6.08. The molecular weight excluding hydrogens is 332 g/mol. The number of aryl methyl sites for hydroxylation is 1. The predicted octanol–water partition coefficient (Wildman–Crippen LogP) is 2.74. The van der Waals surface area contributed by atoms with E-state index in [1.165, 1.54) is 12.8 Å². The fraction of sp³-hybridized carbons (Fsp3) is 0.632. The number of rotatable bonds is 8. The molecule has 0 spiro atoms. The molecule has 2 aliphatic rings. The summed E-state index contributed by atoms with van der Waals surface area (Å²) in [6, 6.07) is 6.37. The first-order valence-corrected chi connectivity index (χ1v) is 9.53. The molecule has 0 aliphatic carbocycles. The minimum atomic E-state index is -0.372. The molecule has 2 bridgehead atoms. The maximum Gasteiger partial charge on any atom is 0.292 e. The molecule has 2 fully saturated rings. The van der Waals surface area contributed by atoms with Crippen molar-refractivity contribution in [1.29, 1.82) is 0 Å². The number of anilines is 1. The van der Waals surface area contributed by atoms with E-state index in [2.05, 4.69) is 16.0 Å². The smallest absolute Gasteiger partial charge is 0.292 e. The second kappa shape index (κ2) is 8.49. The Morgan fingerprint density at radius 1 is 1.27 bits per heavy atom. The number of fused-ring (bicyclic) bond motifs is 2. The van der Waals surface area contributed by atoms with E-state index in [0.717, 1.165) is 24.8 Å². The first-order chi connectivity index (χ1) is 12.5. The van der Waals surface area contributed by atoms with Crippen LogP contribution in [0.4, 0.5) is 11.4 Å². The number of piperidine rings is 1. The summed E-state index contributed by atoms with van der Waals surface area (Å²) in [5, 5.41) is 20.8. The Bertz CT molecular complexity index is 652. The molecule has 2 heterocycles. The lowest BCUT2D eigenvalue weighted by Crippen LogP contribution is -2.39. The van der Waals surface area contributed by atoms with E-state index in [4.69, 9.17) is 0 Å². The maximum atomic E-state index is 12.1. The van der Waals surface area contributed by atoms with E-state index in [1.54, 1.807) is 12.1 Å². The van der Waals surface area contributed by atoms with Crippen LogP contribution in [0.5, 0.6) is 0 Å². The van der Waals surface area contributed by atoms with Crippen LogP contribution in [-0.2, 0) is 4.79 Å². The topological polar surface area (TPSA) is 96.3 Å². The summed E-state index contributed by atoms with van der Waals surface area (Å²) in [6.07, 6.45) is 6.07. The summed E-state index contributed by atoms with van der Waals surface area (Å²) < 4.78 is 0. The standard InChI is InChI=1S/C19H28N4O3/c1-13-3-6-17(18(9-13)23(25)26)20-7-2-8-21-19(24)12-14-10-15-4-5-16(11-14)22-15/h3,6,9,14-16,20,22H,2,4-5,7-8,10-12H2,1H3,(H,21,24). The quantitative estimate of drug-likeness (QED) is 0.376. The lowest BCUT2D eigenvalue weighted by molar-refractivity contribution is -0.384. The molecule has 3 rings (SSSR count). The molecule has 1 aromatic carbocycles. The van der Waals surface area contributed by atoms with Gasteiger partial charge in [-0.25, -0.2) is 0 Å². The Balaban J connectivity index is 1.34. The summed E-state index contributed by atoms with van der Waals surface area (Å²) in [4.78, 5) is 22.8. The van der Waals surface area contributed by atoms with Gasteiger partial charge in [-0.05, 0) is 56.6 Å². The van der Waals surface area contributed by atoms with Crippen LogP contribution in [0.15, 0.2) is 18.2 Å². The number of nitrogens with one attached hydrogen (secondary N) is 3. The minimum absolute atomic E-state index is 0.0922. The van der Waals surface area contributed by atoms with Crippen LogP contribution in [0, 0.1) is 23.0 Å². The van der Waals surface area contributed by atoms with Crippen molar-refractivity contribution >= 4 is 17.3 Å². The molecule has 2 aliphatic heterocycles. The van der Waals surface area contributed by atoms with Crippen LogP contribution in [0.2, 0.25) is 0 Å². The van der Waals surface area contributed by atoms with Gasteiger partial charge in [-0.3, -0.25) is 14.9 Å². The SMILES string of the molecule is Cc1ccc(NCCCNC(=O)CC2CC3CCC(C2)N3)c([N+](=O)[O-])c1. The fourth-order valence-corrected chi connectivity index (χ4v) is 4.16. The van der Waals surface area contributed by atoms with Crippen LogP contribution in [0.3, 0.4) is 0 Å². The number of carbonyl (C=O) groups is 1. The average molecular weight is 360 g/mol. The molecule has 3 N–H and O–H groups in total. The van der Waals surface area contributed by atoms with Gasteiger partial charge in [0.05, 0.1) is 4.92 Å². The Hall–Kier alpha value is -2.15. The van der Waals surface area contributed by atoms with Gasteiger partial charge < -0.3 is 16.0 Å². The first kappa shape index (κ1) is 18.6. The van der Waals surface area contributed by atoms with Gasteiger partial charge in [0.15, 0.2) is 0 Å². The van der Waals surface area contributed by atoms with Crippen LogP contribution in [0.1, 0.15) is 44.1 Å². The largest absolute Gasteiger partial charge is 0.379 e. The van der Waals surface area contributed by atoms with Crippen LogP contribution >= 0.6 is 0 Å². The van der Waals surface area contributed by atoms with Crippen molar-refractivity contribution in [3.8, 4) is 0 Å². The molecule has 7 nitrogen and oxygen atoms in total. The van der Waals surface area contributed by atoms with Crippen LogP contribution < -0.4 is 16.0 Å². The molecule has 1 aromatic rings. The highest BCUT2D eigenvalue weighted by atomic mass is 16.6. The number of nitrogens with zero attached hydrogens (tertiary/aromatic N) is 1. The lowest BCUT2D eigenvalue weighted by atomic mass is 9.89. The van der Waals surface area contributed by atoms with Crippen molar-refractivity contribution in [2.45, 2.75) is 57.5 Å². The molecule has 2 saturated heterocycles. The second-order valence-electron chi connectivity index (χ2n) is 7.59. The molecule has 142 valence electrons. The fourth-order valence-electron chi connectivity index (χ4n) is 4.16. The van der Waals surface area contributed by atoms with Gasteiger partial charge in [-0.1, -0.05) is 6.07 Å².